The lowest BCUT2D eigenvalue weighted by atomic mass is 10.4. The first-order chi connectivity index (χ1) is 7.24. The van der Waals surface area contributed by atoms with Crippen LogP contribution in [0.5, 0.6) is 0 Å². The molecule has 0 aliphatic carbocycles. The molecule has 0 saturated carbocycles. The molecule has 0 aromatic carbocycles. The summed E-state index contributed by atoms with van der Waals surface area (Å²) < 4.78 is 4.52. The summed E-state index contributed by atoms with van der Waals surface area (Å²) in [7, 11) is 0. The van der Waals surface area contributed by atoms with Gasteiger partial charge in [0.2, 0.25) is 0 Å². The number of nitrogens with one attached hydrogen (secondary N) is 2. The van der Waals surface area contributed by atoms with Gasteiger partial charge >= 0.3 is 11.9 Å². The highest BCUT2D eigenvalue weighted by Crippen LogP contribution is 1.88. The molecule has 0 aliphatic rings. The molecule has 0 fully saturated rings. The number of carbonyl (C=O) groups is 2. The Balaban J connectivity index is 2.20. The highest BCUT2D eigenvalue weighted by Gasteiger charge is 2.13. The summed E-state index contributed by atoms with van der Waals surface area (Å²) in [5, 5.41) is 2.43. The van der Waals surface area contributed by atoms with Crippen molar-refractivity contribution in [2.24, 2.45) is 0 Å². The lowest BCUT2D eigenvalue weighted by molar-refractivity contribution is -0.154. The molecule has 1 heterocycles. The van der Waals surface area contributed by atoms with Crippen LogP contribution in [0.2, 0.25) is 0 Å². The van der Waals surface area contributed by atoms with Crippen molar-refractivity contribution in [3.63, 3.8) is 0 Å². The molecule has 0 spiro atoms. The van der Waals surface area contributed by atoms with E-state index in [1.807, 2.05) is 0 Å². The molecule has 1 aromatic heterocycles. The summed E-state index contributed by atoms with van der Waals surface area (Å²) in [6.45, 7) is 2.20. The molecule has 0 atom stereocenters. The summed E-state index contributed by atoms with van der Waals surface area (Å²) in [6.07, 6.45) is 3.88. The number of esters is 1. The van der Waals surface area contributed by atoms with Crippen molar-refractivity contribution in [2.75, 3.05) is 13.2 Å². The third-order valence-electron chi connectivity index (χ3n) is 1.66. The highest BCUT2D eigenvalue weighted by atomic mass is 16.5. The third-order valence-corrected chi connectivity index (χ3v) is 1.66. The van der Waals surface area contributed by atoms with E-state index in [1.54, 1.807) is 19.3 Å². The van der Waals surface area contributed by atoms with E-state index < -0.39 is 11.9 Å². The van der Waals surface area contributed by atoms with Gasteiger partial charge in [-0.15, -0.1) is 0 Å². The Morgan fingerprint density at radius 3 is 3.00 bits per heavy atom. The summed E-state index contributed by atoms with van der Waals surface area (Å²) in [5.74, 6) is -0.806. The van der Waals surface area contributed by atoms with Crippen molar-refractivity contribution in [3.8, 4) is 0 Å². The molecule has 1 rings (SSSR count). The highest BCUT2D eigenvalue weighted by molar-refractivity contribution is 6.32. The molecule has 0 radical (unpaired) electrons. The predicted molar refractivity (Wildman–Crippen MR) is 51.9 cm³/mol. The number of hydrogen-bond acceptors (Lipinski definition) is 4. The van der Waals surface area contributed by atoms with Gasteiger partial charge in [-0.1, -0.05) is 0 Å². The van der Waals surface area contributed by atoms with E-state index in [4.69, 9.17) is 0 Å². The molecule has 15 heavy (non-hydrogen) atoms. The molecule has 1 aromatic rings. The Kier molecular flexibility index (Phi) is 4.33. The number of carbonyl (C=O) groups excluding carboxylic acids is 2. The van der Waals surface area contributed by atoms with E-state index in [0.29, 0.717) is 13.0 Å². The maximum absolute atomic E-state index is 11.0. The average Bonchev–Trinajstić information content (AvgIpc) is 2.71. The predicted octanol–water partition coefficient (Wildman–Crippen LogP) is -0.369. The van der Waals surface area contributed by atoms with Gasteiger partial charge in [-0.3, -0.25) is 4.79 Å². The van der Waals surface area contributed by atoms with Gasteiger partial charge in [-0.2, -0.15) is 0 Å². The maximum atomic E-state index is 11.0. The largest absolute Gasteiger partial charge is 0.459 e. The number of hydrogen-bond donors (Lipinski definition) is 2. The van der Waals surface area contributed by atoms with Crippen molar-refractivity contribution in [1.29, 1.82) is 0 Å². The van der Waals surface area contributed by atoms with Gasteiger partial charge in [0.1, 0.15) is 5.82 Å². The van der Waals surface area contributed by atoms with Crippen molar-refractivity contribution < 1.29 is 14.3 Å². The van der Waals surface area contributed by atoms with Crippen molar-refractivity contribution in [1.82, 2.24) is 15.3 Å². The van der Waals surface area contributed by atoms with Crippen molar-refractivity contribution in [2.45, 2.75) is 13.3 Å². The summed E-state index contributed by atoms with van der Waals surface area (Å²) in [6, 6.07) is 0. The summed E-state index contributed by atoms with van der Waals surface area (Å²) in [5.41, 5.74) is 0. The minimum absolute atomic E-state index is 0.199. The van der Waals surface area contributed by atoms with Gasteiger partial charge in [0, 0.05) is 25.4 Å². The Morgan fingerprint density at radius 2 is 2.40 bits per heavy atom. The van der Waals surface area contributed by atoms with Crippen LogP contribution in [0, 0.1) is 0 Å². The van der Waals surface area contributed by atoms with E-state index in [0.717, 1.165) is 5.82 Å². The second-order valence-corrected chi connectivity index (χ2v) is 2.76. The SMILES string of the molecule is CCOC(=O)C(=O)NCCc1ncc[nH]1. The Hall–Kier alpha value is -1.85. The second-order valence-electron chi connectivity index (χ2n) is 2.76. The standard InChI is InChI=1S/C9H13N3O3/c1-2-15-9(14)8(13)12-4-3-7-10-5-6-11-7/h5-6H,2-4H2,1H3,(H,10,11)(H,12,13). The van der Waals surface area contributed by atoms with Crippen molar-refractivity contribution >= 4 is 11.9 Å². The van der Waals surface area contributed by atoms with Crippen LogP contribution in [-0.4, -0.2) is 35.0 Å². The number of rotatable bonds is 4. The second kappa shape index (κ2) is 5.79. The van der Waals surface area contributed by atoms with E-state index in [2.05, 4.69) is 20.0 Å². The van der Waals surface area contributed by atoms with Crippen LogP contribution in [0.15, 0.2) is 12.4 Å². The average molecular weight is 211 g/mol. The van der Waals surface area contributed by atoms with E-state index in [1.165, 1.54) is 0 Å². The van der Waals surface area contributed by atoms with Crippen LogP contribution in [0.4, 0.5) is 0 Å². The minimum atomic E-state index is -0.850. The Morgan fingerprint density at radius 1 is 1.60 bits per heavy atom. The van der Waals surface area contributed by atoms with Gasteiger partial charge < -0.3 is 15.0 Å². The smallest absolute Gasteiger partial charge is 0.396 e. The first-order valence-corrected chi connectivity index (χ1v) is 4.67. The molecule has 0 saturated heterocycles. The van der Waals surface area contributed by atoms with E-state index in [-0.39, 0.29) is 6.61 Å². The molecule has 1 amide bonds. The molecule has 6 heteroatoms. The first kappa shape index (κ1) is 11.2. The van der Waals surface area contributed by atoms with Crippen LogP contribution in [0.3, 0.4) is 0 Å². The lowest BCUT2D eigenvalue weighted by Crippen LogP contribution is -2.33. The quantitative estimate of drug-likeness (QED) is 0.525. The minimum Gasteiger partial charge on any atom is -0.459 e. The zero-order chi connectivity index (χ0) is 11.1. The van der Waals surface area contributed by atoms with Gasteiger partial charge in [0.05, 0.1) is 6.61 Å². The molecule has 6 nitrogen and oxygen atoms in total. The van der Waals surface area contributed by atoms with Crippen LogP contribution < -0.4 is 5.32 Å². The van der Waals surface area contributed by atoms with Gasteiger partial charge in [0.15, 0.2) is 0 Å². The monoisotopic (exact) mass is 211 g/mol. The number of ether oxygens (including phenoxy) is 1. The number of aromatic nitrogens is 2. The first-order valence-electron chi connectivity index (χ1n) is 4.67. The molecule has 2 N–H and O–H groups in total. The molecular weight excluding hydrogens is 198 g/mol. The Bertz CT molecular complexity index is 321. The van der Waals surface area contributed by atoms with Gasteiger partial charge in [-0.05, 0) is 6.92 Å². The normalized spacial score (nSPS) is 9.67. The lowest BCUT2D eigenvalue weighted by Gasteiger charge is -2.02. The fourth-order valence-electron chi connectivity index (χ4n) is 0.998. The third kappa shape index (κ3) is 3.80. The van der Waals surface area contributed by atoms with E-state index in [9.17, 15) is 9.59 Å². The number of aromatic amines is 1. The number of amides is 1. The maximum Gasteiger partial charge on any atom is 0.396 e. The molecule has 0 unspecified atom stereocenters. The zero-order valence-electron chi connectivity index (χ0n) is 8.45. The van der Waals surface area contributed by atoms with Crippen LogP contribution in [-0.2, 0) is 20.7 Å². The van der Waals surface area contributed by atoms with E-state index >= 15 is 0 Å². The van der Waals surface area contributed by atoms with Gasteiger partial charge in [-0.25, -0.2) is 9.78 Å². The van der Waals surface area contributed by atoms with Gasteiger partial charge in [0.25, 0.3) is 0 Å². The Labute approximate surface area is 87.0 Å². The molecule has 82 valence electrons. The zero-order valence-corrected chi connectivity index (χ0v) is 8.45. The molecular formula is C9H13N3O3. The fraction of sp³-hybridized carbons (Fsp3) is 0.444. The summed E-state index contributed by atoms with van der Waals surface area (Å²) in [4.78, 5) is 28.8. The van der Waals surface area contributed by atoms with Crippen LogP contribution >= 0.6 is 0 Å². The molecule has 0 aliphatic heterocycles. The van der Waals surface area contributed by atoms with Crippen LogP contribution in [0.25, 0.3) is 0 Å². The van der Waals surface area contributed by atoms with Crippen LogP contribution in [0.1, 0.15) is 12.7 Å². The fourth-order valence-corrected chi connectivity index (χ4v) is 0.998. The summed E-state index contributed by atoms with van der Waals surface area (Å²) >= 11 is 0. The number of imidazole rings is 1. The number of H-pyrrole nitrogens is 1. The van der Waals surface area contributed by atoms with Crippen molar-refractivity contribution in [3.05, 3.63) is 18.2 Å². The number of nitrogens with zero attached hydrogens (tertiary/aromatic N) is 1. The topological polar surface area (TPSA) is 84.1 Å². The molecule has 0 bridgehead atoms.